The molecule has 8 heteroatoms. The number of halogens is 3. The third-order valence-corrected chi connectivity index (χ3v) is 5.64. The molecule has 3 heterocycles. The highest BCUT2D eigenvalue weighted by atomic mass is 19.4. The number of nitrogens with zero attached hydrogens (tertiary/aromatic N) is 3. The molecule has 1 fully saturated rings. The smallest absolute Gasteiger partial charge is 0.343 e. The fourth-order valence-corrected chi connectivity index (χ4v) is 4.20. The summed E-state index contributed by atoms with van der Waals surface area (Å²) in [6, 6.07) is 7.70. The lowest BCUT2D eigenvalue weighted by molar-refractivity contribution is -0.138. The molecule has 2 aromatic rings. The number of rotatable bonds is 2. The topological polar surface area (TPSA) is 67.7 Å². The number of allylic oxidation sites excluding steroid dienone is 2. The predicted molar refractivity (Wildman–Crippen MR) is 98.4 cm³/mol. The van der Waals surface area contributed by atoms with Crippen LogP contribution < -0.4 is 5.32 Å². The van der Waals surface area contributed by atoms with Crippen LogP contribution in [0.15, 0.2) is 41.7 Å². The lowest BCUT2D eigenvalue weighted by Gasteiger charge is -2.35. The largest absolute Gasteiger partial charge is 0.416 e. The minimum absolute atomic E-state index is 0.0844. The van der Waals surface area contributed by atoms with Gasteiger partial charge in [0.15, 0.2) is 0 Å². The fraction of sp³-hybridized carbons (Fsp3) is 0.400. The standard InChI is InChI=1S/C20H20F3N5/c1-28-8-6-12(7-9-28)18-14(10-24)17(15-11-25-27-19(15)26-18)13-4-2-3-5-16(13)20(21,22)23/h2-5,11-12,17H,6-9H2,1H3,(H2,25,26,27). The van der Waals surface area contributed by atoms with Crippen molar-refractivity contribution in [2.45, 2.75) is 24.9 Å². The Morgan fingerprint density at radius 1 is 1.18 bits per heavy atom. The van der Waals surface area contributed by atoms with Crippen molar-refractivity contribution in [1.82, 2.24) is 15.1 Å². The number of nitrogens with one attached hydrogen (secondary N) is 2. The molecular weight excluding hydrogens is 367 g/mol. The van der Waals surface area contributed by atoms with Gasteiger partial charge in [-0.1, -0.05) is 18.2 Å². The maximum atomic E-state index is 13.7. The van der Waals surface area contributed by atoms with Crippen molar-refractivity contribution >= 4 is 5.82 Å². The number of piperidine rings is 1. The summed E-state index contributed by atoms with van der Waals surface area (Å²) in [6.07, 6.45) is -1.30. The van der Waals surface area contributed by atoms with Gasteiger partial charge in [-0.3, -0.25) is 5.10 Å². The van der Waals surface area contributed by atoms with Gasteiger partial charge in [0, 0.05) is 17.2 Å². The molecule has 0 spiro atoms. The van der Waals surface area contributed by atoms with Gasteiger partial charge in [-0.2, -0.15) is 23.5 Å². The van der Waals surface area contributed by atoms with Crippen LogP contribution in [0.3, 0.4) is 0 Å². The molecule has 0 amide bonds. The van der Waals surface area contributed by atoms with Gasteiger partial charge >= 0.3 is 6.18 Å². The Balaban J connectivity index is 1.87. The minimum atomic E-state index is -4.50. The summed E-state index contributed by atoms with van der Waals surface area (Å²) in [4.78, 5) is 2.21. The van der Waals surface area contributed by atoms with Gasteiger partial charge in [0.25, 0.3) is 0 Å². The maximum Gasteiger partial charge on any atom is 0.416 e. The number of hydrogen-bond donors (Lipinski definition) is 2. The molecule has 28 heavy (non-hydrogen) atoms. The Labute approximate surface area is 160 Å². The van der Waals surface area contributed by atoms with Crippen LogP contribution in [-0.4, -0.2) is 35.2 Å². The minimum Gasteiger partial charge on any atom is -0.343 e. The molecule has 1 saturated heterocycles. The highest BCUT2D eigenvalue weighted by Gasteiger charge is 2.40. The van der Waals surface area contributed by atoms with Crippen LogP contribution in [0.25, 0.3) is 0 Å². The number of nitriles is 1. The van der Waals surface area contributed by atoms with Crippen LogP contribution in [0.5, 0.6) is 0 Å². The van der Waals surface area contributed by atoms with E-state index < -0.39 is 17.7 Å². The van der Waals surface area contributed by atoms with Gasteiger partial charge in [0.2, 0.25) is 0 Å². The number of fused-ring (bicyclic) bond motifs is 1. The van der Waals surface area contributed by atoms with Crippen LogP contribution in [0.2, 0.25) is 0 Å². The van der Waals surface area contributed by atoms with Crippen molar-refractivity contribution in [2.75, 3.05) is 25.5 Å². The molecule has 1 atom stereocenters. The van der Waals surface area contributed by atoms with E-state index in [0.29, 0.717) is 22.7 Å². The molecule has 2 aliphatic heterocycles. The average Bonchev–Trinajstić information content (AvgIpc) is 3.14. The molecule has 0 bridgehead atoms. The number of benzene rings is 1. The van der Waals surface area contributed by atoms with Crippen LogP contribution in [0.4, 0.5) is 19.0 Å². The first kappa shape index (κ1) is 18.6. The second-order valence-corrected chi connectivity index (χ2v) is 7.36. The van der Waals surface area contributed by atoms with Gasteiger partial charge in [-0.15, -0.1) is 0 Å². The van der Waals surface area contributed by atoms with Crippen molar-refractivity contribution in [3.8, 4) is 6.07 Å². The highest BCUT2D eigenvalue weighted by molar-refractivity contribution is 5.65. The summed E-state index contributed by atoms with van der Waals surface area (Å²) in [5.41, 5.74) is 0.991. The fourth-order valence-electron chi connectivity index (χ4n) is 4.20. The molecule has 0 saturated carbocycles. The Kier molecular flexibility index (Phi) is 4.63. The first-order valence-electron chi connectivity index (χ1n) is 9.19. The summed E-state index contributed by atoms with van der Waals surface area (Å²) in [7, 11) is 2.04. The number of alkyl halides is 3. The maximum absolute atomic E-state index is 13.7. The lowest BCUT2D eigenvalue weighted by Crippen LogP contribution is -2.34. The Hall–Kier alpha value is -2.79. The molecule has 5 nitrogen and oxygen atoms in total. The van der Waals surface area contributed by atoms with Gasteiger partial charge in [-0.25, -0.2) is 0 Å². The summed E-state index contributed by atoms with van der Waals surface area (Å²) in [6.45, 7) is 1.77. The Morgan fingerprint density at radius 3 is 2.57 bits per heavy atom. The monoisotopic (exact) mass is 387 g/mol. The Bertz CT molecular complexity index is 945. The van der Waals surface area contributed by atoms with E-state index in [1.165, 1.54) is 18.3 Å². The van der Waals surface area contributed by atoms with Crippen molar-refractivity contribution < 1.29 is 13.2 Å². The SMILES string of the molecule is CN1CCC(C2=C(C#N)C(c3ccccc3C(F)(F)F)c3cn[nH]c3N2)CC1. The van der Waals surface area contributed by atoms with E-state index in [4.69, 9.17) is 0 Å². The first-order chi connectivity index (χ1) is 13.4. The van der Waals surface area contributed by atoms with Crippen molar-refractivity contribution in [1.29, 1.82) is 5.26 Å². The summed E-state index contributed by atoms with van der Waals surface area (Å²) in [5, 5.41) is 20.1. The summed E-state index contributed by atoms with van der Waals surface area (Å²) >= 11 is 0. The number of likely N-dealkylation sites (tertiary alicyclic amines) is 1. The lowest BCUT2D eigenvalue weighted by atomic mass is 9.77. The van der Waals surface area contributed by atoms with Gasteiger partial charge in [0.1, 0.15) is 5.82 Å². The molecule has 0 aliphatic carbocycles. The molecule has 1 aromatic heterocycles. The van der Waals surface area contributed by atoms with E-state index in [-0.39, 0.29) is 11.5 Å². The summed E-state index contributed by atoms with van der Waals surface area (Å²) in [5.74, 6) is -0.134. The van der Waals surface area contributed by atoms with Crippen LogP contribution >= 0.6 is 0 Å². The van der Waals surface area contributed by atoms with Crippen molar-refractivity contribution in [3.05, 3.63) is 58.4 Å². The Morgan fingerprint density at radius 2 is 1.89 bits per heavy atom. The third-order valence-electron chi connectivity index (χ3n) is 5.64. The average molecular weight is 387 g/mol. The van der Waals surface area contributed by atoms with E-state index in [1.807, 2.05) is 7.05 Å². The van der Waals surface area contributed by atoms with E-state index in [2.05, 4.69) is 26.5 Å². The van der Waals surface area contributed by atoms with Crippen LogP contribution in [-0.2, 0) is 6.18 Å². The van der Waals surface area contributed by atoms with Gasteiger partial charge in [-0.05, 0) is 44.6 Å². The van der Waals surface area contributed by atoms with Crippen LogP contribution in [0, 0.1) is 17.2 Å². The van der Waals surface area contributed by atoms with E-state index in [0.717, 1.165) is 32.0 Å². The normalized spacial score (nSPS) is 21.2. The zero-order valence-corrected chi connectivity index (χ0v) is 15.3. The van der Waals surface area contributed by atoms with E-state index in [1.54, 1.807) is 6.07 Å². The third kappa shape index (κ3) is 3.16. The highest BCUT2D eigenvalue weighted by Crippen LogP contribution is 2.47. The van der Waals surface area contributed by atoms with Crippen molar-refractivity contribution in [2.24, 2.45) is 5.92 Å². The number of hydrogen-bond acceptors (Lipinski definition) is 4. The van der Waals surface area contributed by atoms with E-state index >= 15 is 0 Å². The van der Waals surface area contributed by atoms with Crippen LogP contribution in [0.1, 0.15) is 35.4 Å². The van der Waals surface area contributed by atoms with Gasteiger partial charge < -0.3 is 10.2 Å². The number of aromatic amines is 1. The molecule has 1 aromatic carbocycles. The second kappa shape index (κ2) is 6.99. The number of anilines is 1. The molecule has 0 radical (unpaired) electrons. The zero-order valence-electron chi connectivity index (χ0n) is 15.3. The first-order valence-corrected chi connectivity index (χ1v) is 9.19. The molecule has 2 N–H and O–H groups in total. The zero-order chi connectivity index (χ0) is 19.9. The van der Waals surface area contributed by atoms with Gasteiger partial charge in [0.05, 0.1) is 29.3 Å². The second-order valence-electron chi connectivity index (χ2n) is 7.36. The number of H-pyrrole nitrogens is 1. The summed E-state index contributed by atoms with van der Waals surface area (Å²) < 4.78 is 41.1. The molecular formula is C20H20F3N5. The quantitative estimate of drug-likeness (QED) is 0.814. The van der Waals surface area contributed by atoms with E-state index in [9.17, 15) is 18.4 Å². The number of aromatic nitrogens is 2. The molecule has 2 aliphatic rings. The van der Waals surface area contributed by atoms with Crippen molar-refractivity contribution in [3.63, 3.8) is 0 Å². The molecule has 1 unspecified atom stereocenters. The molecule has 4 rings (SSSR count). The predicted octanol–water partition coefficient (Wildman–Crippen LogP) is 4.11. The molecule has 146 valence electrons.